The summed E-state index contributed by atoms with van der Waals surface area (Å²) < 4.78 is 0.525. The van der Waals surface area contributed by atoms with E-state index in [0.717, 1.165) is 23.6 Å². The molecule has 0 atom stereocenters. The minimum absolute atomic E-state index is 0.108. The molecule has 24 heavy (non-hydrogen) atoms. The zero-order valence-corrected chi connectivity index (χ0v) is 13.1. The van der Waals surface area contributed by atoms with Crippen LogP contribution in [0.15, 0.2) is 42.5 Å². The van der Waals surface area contributed by atoms with Gasteiger partial charge in [-0.1, -0.05) is 31.5 Å². The van der Waals surface area contributed by atoms with Crippen LogP contribution in [0.4, 0.5) is 4.79 Å². The molecular weight excluding hydrogens is 316 g/mol. The topological polar surface area (TPSA) is 101 Å². The van der Waals surface area contributed by atoms with Crippen molar-refractivity contribution in [1.29, 1.82) is 0 Å². The van der Waals surface area contributed by atoms with Gasteiger partial charge in [0.1, 0.15) is 0 Å². The van der Waals surface area contributed by atoms with Gasteiger partial charge in [0, 0.05) is 12.1 Å². The average Bonchev–Trinajstić information content (AvgIpc) is 2.91. The lowest BCUT2D eigenvalue weighted by atomic mass is 10.2. The van der Waals surface area contributed by atoms with Gasteiger partial charge in [-0.2, -0.15) is 0 Å². The summed E-state index contributed by atoms with van der Waals surface area (Å²) in [6.45, 7) is 2.02. The standard InChI is InChI=1S/C16H18N2O6/c1-2-3-11-17(23-15(21)12-7-5-4-6-8-12)16(22)24-18-13(19)9-10-14(18)20/h4-10,19-20H,2-3,11H2,1H3. The molecule has 1 aromatic heterocycles. The molecule has 1 amide bonds. The highest BCUT2D eigenvalue weighted by molar-refractivity contribution is 5.89. The summed E-state index contributed by atoms with van der Waals surface area (Å²) >= 11 is 0. The van der Waals surface area contributed by atoms with E-state index in [2.05, 4.69) is 0 Å². The van der Waals surface area contributed by atoms with E-state index in [9.17, 15) is 19.8 Å². The van der Waals surface area contributed by atoms with E-state index in [0.29, 0.717) is 11.2 Å². The molecule has 2 rings (SSSR count). The molecule has 0 saturated heterocycles. The molecule has 0 spiro atoms. The highest BCUT2D eigenvalue weighted by Crippen LogP contribution is 2.19. The molecule has 0 fully saturated rings. The van der Waals surface area contributed by atoms with Gasteiger partial charge >= 0.3 is 12.1 Å². The summed E-state index contributed by atoms with van der Waals surface area (Å²) in [5.74, 6) is -1.65. The van der Waals surface area contributed by atoms with Gasteiger partial charge in [-0.15, -0.1) is 9.79 Å². The second-order valence-electron chi connectivity index (χ2n) is 4.90. The lowest BCUT2D eigenvalue weighted by Gasteiger charge is -2.20. The van der Waals surface area contributed by atoms with Crippen LogP contribution in [0.1, 0.15) is 30.1 Å². The molecule has 0 aliphatic rings. The van der Waals surface area contributed by atoms with Crippen LogP contribution in [0.25, 0.3) is 0 Å². The highest BCUT2D eigenvalue weighted by Gasteiger charge is 2.23. The lowest BCUT2D eigenvalue weighted by Crippen LogP contribution is -2.39. The third kappa shape index (κ3) is 4.19. The molecule has 8 nitrogen and oxygen atoms in total. The largest absolute Gasteiger partial charge is 0.492 e. The first-order valence-electron chi connectivity index (χ1n) is 7.39. The molecule has 0 saturated carbocycles. The van der Waals surface area contributed by atoms with Gasteiger partial charge in [0.05, 0.1) is 12.1 Å². The molecule has 2 N–H and O–H groups in total. The van der Waals surface area contributed by atoms with E-state index in [1.807, 2.05) is 6.92 Å². The second-order valence-corrected chi connectivity index (χ2v) is 4.90. The Kier molecular flexibility index (Phi) is 5.67. The Morgan fingerprint density at radius 3 is 2.29 bits per heavy atom. The van der Waals surface area contributed by atoms with Gasteiger partial charge in [-0.05, 0) is 18.6 Å². The van der Waals surface area contributed by atoms with E-state index < -0.39 is 23.8 Å². The maximum Gasteiger partial charge on any atom is 0.468 e. The maximum absolute atomic E-state index is 12.2. The van der Waals surface area contributed by atoms with Crippen molar-refractivity contribution in [2.24, 2.45) is 0 Å². The molecule has 0 aliphatic carbocycles. The van der Waals surface area contributed by atoms with E-state index in [4.69, 9.17) is 9.68 Å². The number of aromatic hydroxyl groups is 2. The van der Waals surface area contributed by atoms with Crippen LogP contribution in [-0.2, 0) is 4.84 Å². The van der Waals surface area contributed by atoms with E-state index in [1.54, 1.807) is 30.3 Å². The summed E-state index contributed by atoms with van der Waals surface area (Å²) in [6, 6.07) is 10.5. The predicted octanol–water partition coefficient (Wildman–Crippen LogP) is 2.32. The Morgan fingerprint density at radius 2 is 1.71 bits per heavy atom. The van der Waals surface area contributed by atoms with Crippen LogP contribution in [0.2, 0.25) is 0 Å². The molecule has 1 heterocycles. The van der Waals surface area contributed by atoms with E-state index in [-0.39, 0.29) is 12.1 Å². The average molecular weight is 334 g/mol. The maximum atomic E-state index is 12.2. The Morgan fingerprint density at radius 1 is 1.08 bits per heavy atom. The van der Waals surface area contributed by atoms with Gasteiger partial charge < -0.3 is 19.9 Å². The Balaban J connectivity index is 2.09. The molecular formula is C16H18N2O6. The quantitative estimate of drug-likeness (QED) is 0.814. The summed E-state index contributed by atoms with van der Waals surface area (Å²) in [4.78, 5) is 34.2. The van der Waals surface area contributed by atoms with Crippen molar-refractivity contribution >= 4 is 12.1 Å². The first-order valence-corrected chi connectivity index (χ1v) is 7.39. The summed E-state index contributed by atoms with van der Waals surface area (Å²) in [5, 5.41) is 19.7. The van der Waals surface area contributed by atoms with E-state index in [1.165, 1.54) is 0 Å². The van der Waals surface area contributed by atoms with Crippen molar-refractivity contribution in [3.8, 4) is 11.8 Å². The number of carbonyl (C=O) groups is 2. The fourth-order valence-electron chi connectivity index (χ4n) is 1.82. The van der Waals surface area contributed by atoms with Crippen LogP contribution in [0, 0.1) is 0 Å². The monoisotopic (exact) mass is 334 g/mol. The van der Waals surface area contributed by atoms with Crippen molar-refractivity contribution < 1.29 is 29.5 Å². The van der Waals surface area contributed by atoms with Crippen molar-refractivity contribution in [3.63, 3.8) is 0 Å². The third-order valence-electron chi connectivity index (χ3n) is 3.09. The van der Waals surface area contributed by atoms with Crippen molar-refractivity contribution in [1.82, 2.24) is 9.79 Å². The number of carbonyl (C=O) groups excluding carboxylic acids is 2. The Labute approximate surface area is 138 Å². The first-order chi connectivity index (χ1) is 11.5. The molecule has 2 aromatic rings. The zero-order valence-electron chi connectivity index (χ0n) is 13.1. The number of benzene rings is 1. The minimum atomic E-state index is -1.05. The van der Waals surface area contributed by atoms with Gasteiger partial charge in [0.15, 0.2) is 0 Å². The third-order valence-corrected chi connectivity index (χ3v) is 3.09. The number of nitrogens with zero attached hydrogens (tertiary/aromatic N) is 2. The fraction of sp³-hybridized carbons (Fsp3) is 0.250. The van der Waals surface area contributed by atoms with E-state index >= 15 is 0 Å². The van der Waals surface area contributed by atoms with Gasteiger partial charge in [-0.3, -0.25) is 0 Å². The summed E-state index contributed by atoms with van der Waals surface area (Å²) in [7, 11) is 0. The molecule has 0 unspecified atom stereocenters. The number of amides is 1. The molecule has 0 aliphatic heterocycles. The van der Waals surface area contributed by atoms with Crippen LogP contribution in [-0.4, -0.2) is 38.6 Å². The molecule has 8 heteroatoms. The lowest BCUT2D eigenvalue weighted by molar-refractivity contribution is -0.0967. The van der Waals surface area contributed by atoms with Crippen LogP contribution < -0.4 is 4.84 Å². The fourth-order valence-corrected chi connectivity index (χ4v) is 1.82. The molecule has 1 aromatic carbocycles. The van der Waals surface area contributed by atoms with Crippen LogP contribution in [0.3, 0.4) is 0 Å². The Hall–Kier alpha value is -3.16. The number of hydroxylamine groups is 2. The van der Waals surface area contributed by atoms with Crippen molar-refractivity contribution in [2.45, 2.75) is 19.8 Å². The molecule has 0 bridgehead atoms. The second kappa shape index (κ2) is 7.91. The minimum Gasteiger partial charge on any atom is -0.492 e. The number of unbranched alkanes of at least 4 members (excludes halogenated alkanes) is 1. The van der Waals surface area contributed by atoms with Gasteiger partial charge in [0.2, 0.25) is 11.8 Å². The Bertz CT molecular complexity index is 678. The first kappa shape index (κ1) is 17.2. The number of hydrogen-bond acceptors (Lipinski definition) is 6. The number of hydrogen-bond donors (Lipinski definition) is 2. The van der Waals surface area contributed by atoms with Gasteiger partial charge in [0.25, 0.3) is 0 Å². The summed E-state index contributed by atoms with van der Waals surface area (Å²) in [5.41, 5.74) is 0.276. The summed E-state index contributed by atoms with van der Waals surface area (Å²) in [6.07, 6.45) is 0.280. The number of aromatic nitrogens is 1. The SMILES string of the molecule is CCCCN(OC(=O)c1ccccc1)C(=O)On1c(O)ccc1O. The van der Waals surface area contributed by atoms with Crippen molar-refractivity contribution in [2.75, 3.05) is 6.54 Å². The van der Waals surface area contributed by atoms with Crippen LogP contribution >= 0.6 is 0 Å². The zero-order chi connectivity index (χ0) is 17.5. The normalized spacial score (nSPS) is 10.2. The highest BCUT2D eigenvalue weighted by atomic mass is 16.8. The molecule has 0 radical (unpaired) electrons. The predicted molar refractivity (Wildman–Crippen MR) is 83.2 cm³/mol. The smallest absolute Gasteiger partial charge is 0.468 e. The number of rotatable bonds is 5. The van der Waals surface area contributed by atoms with Crippen molar-refractivity contribution in [3.05, 3.63) is 48.0 Å². The van der Waals surface area contributed by atoms with Gasteiger partial charge in [-0.25, -0.2) is 9.59 Å². The van der Waals surface area contributed by atoms with Crippen LogP contribution in [0.5, 0.6) is 11.8 Å². The molecule has 128 valence electrons.